The van der Waals surface area contributed by atoms with E-state index in [1.807, 2.05) is 13.0 Å². The molecule has 0 radical (unpaired) electrons. The number of hydrogen-bond acceptors (Lipinski definition) is 3. The van der Waals surface area contributed by atoms with Gasteiger partial charge in [-0.1, -0.05) is 22.8 Å². The van der Waals surface area contributed by atoms with Gasteiger partial charge in [0.1, 0.15) is 0 Å². The molecule has 0 aliphatic heterocycles. The van der Waals surface area contributed by atoms with E-state index in [4.69, 9.17) is 21.9 Å². The van der Waals surface area contributed by atoms with Crippen LogP contribution >= 0.6 is 11.6 Å². The van der Waals surface area contributed by atoms with Gasteiger partial charge in [0.05, 0.1) is 10.4 Å². The predicted octanol–water partition coefficient (Wildman–Crippen LogP) is 2.37. The Morgan fingerprint density at radius 1 is 1.50 bits per heavy atom. The number of aromatic nitrogens is 1. The van der Waals surface area contributed by atoms with Gasteiger partial charge in [0, 0.05) is 0 Å². The fraction of sp³-hybridized carbons (Fsp3) is 0.125. The second-order valence-electron chi connectivity index (χ2n) is 2.64. The highest BCUT2D eigenvalue weighted by molar-refractivity contribution is 6.36. The smallest absolute Gasteiger partial charge is 0.176 e. The van der Waals surface area contributed by atoms with Gasteiger partial charge in [0.15, 0.2) is 11.4 Å². The van der Waals surface area contributed by atoms with Crippen molar-refractivity contribution in [2.24, 2.45) is 0 Å². The van der Waals surface area contributed by atoms with Crippen LogP contribution in [0.25, 0.3) is 11.0 Å². The van der Waals surface area contributed by atoms with Crippen LogP contribution in [0.15, 0.2) is 16.7 Å². The monoisotopic (exact) mass is 182 g/mol. The summed E-state index contributed by atoms with van der Waals surface area (Å²) in [6.07, 6.45) is 0. The quantitative estimate of drug-likeness (QED) is 0.681. The molecular weight excluding hydrogens is 176 g/mol. The molecule has 2 N–H and O–H groups in total. The molecule has 1 heterocycles. The van der Waals surface area contributed by atoms with Crippen LogP contribution < -0.4 is 5.73 Å². The standard InChI is InChI=1S/C8H7ClN2O/c1-4-2-3-5(9)6-7(4)12-11-8(6)10/h2-3H,1H3,(H2,10,11). The molecule has 0 fully saturated rings. The second kappa shape index (κ2) is 2.38. The van der Waals surface area contributed by atoms with Crippen LogP contribution in [0.4, 0.5) is 5.82 Å². The zero-order valence-corrected chi connectivity index (χ0v) is 7.22. The number of nitrogens with two attached hydrogens (primary N) is 1. The van der Waals surface area contributed by atoms with Gasteiger partial charge in [-0.2, -0.15) is 0 Å². The molecule has 2 rings (SSSR count). The van der Waals surface area contributed by atoms with Crippen molar-refractivity contribution in [2.45, 2.75) is 6.92 Å². The van der Waals surface area contributed by atoms with Gasteiger partial charge in [-0.05, 0) is 18.6 Å². The summed E-state index contributed by atoms with van der Waals surface area (Å²) >= 11 is 5.90. The van der Waals surface area contributed by atoms with Gasteiger partial charge in [-0.15, -0.1) is 0 Å². The van der Waals surface area contributed by atoms with Gasteiger partial charge < -0.3 is 10.3 Å². The first kappa shape index (κ1) is 7.43. The maximum absolute atomic E-state index is 5.90. The van der Waals surface area contributed by atoms with E-state index >= 15 is 0 Å². The van der Waals surface area contributed by atoms with Crippen molar-refractivity contribution in [1.29, 1.82) is 0 Å². The number of aryl methyl sites for hydroxylation is 1. The lowest BCUT2D eigenvalue weighted by Crippen LogP contribution is -1.84. The minimum Gasteiger partial charge on any atom is -0.380 e. The largest absolute Gasteiger partial charge is 0.380 e. The van der Waals surface area contributed by atoms with Crippen LogP contribution in [0.1, 0.15) is 5.56 Å². The first-order valence-corrected chi connectivity index (χ1v) is 3.88. The van der Waals surface area contributed by atoms with Crippen LogP contribution in [-0.2, 0) is 0 Å². The molecule has 0 bridgehead atoms. The van der Waals surface area contributed by atoms with Crippen LogP contribution in [0.5, 0.6) is 0 Å². The molecular formula is C8H7ClN2O. The molecule has 62 valence electrons. The Kier molecular flexibility index (Phi) is 1.48. The van der Waals surface area contributed by atoms with E-state index in [1.165, 1.54) is 0 Å². The number of halogens is 1. The SMILES string of the molecule is Cc1ccc(Cl)c2c(N)noc12. The number of nitrogens with zero attached hydrogens (tertiary/aromatic N) is 1. The maximum Gasteiger partial charge on any atom is 0.176 e. The fourth-order valence-electron chi connectivity index (χ4n) is 1.16. The average Bonchev–Trinajstić information content (AvgIpc) is 2.42. The molecule has 1 aromatic heterocycles. The van der Waals surface area contributed by atoms with Gasteiger partial charge in [-0.25, -0.2) is 0 Å². The molecule has 0 atom stereocenters. The van der Waals surface area contributed by atoms with E-state index in [2.05, 4.69) is 5.16 Å². The highest BCUT2D eigenvalue weighted by Crippen LogP contribution is 2.30. The zero-order chi connectivity index (χ0) is 8.72. The van der Waals surface area contributed by atoms with Crippen molar-refractivity contribution in [2.75, 3.05) is 5.73 Å². The third-order valence-corrected chi connectivity index (χ3v) is 2.11. The number of hydrogen-bond donors (Lipinski definition) is 1. The van der Waals surface area contributed by atoms with E-state index in [1.54, 1.807) is 6.07 Å². The van der Waals surface area contributed by atoms with Gasteiger partial charge in [0.2, 0.25) is 0 Å². The van der Waals surface area contributed by atoms with Crippen molar-refractivity contribution < 1.29 is 4.52 Å². The topological polar surface area (TPSA) is 52.0 Å². The lowest BCUT2D eigenvalue weighted by atomic mass is 10.2. The number of benzene rings is 1. The summed E-state index contributed by atoms with van der Waals surface area (Å²) in [5.41, 5.74) is 7.21. The summed E-state index contributed by atoms with van der Waals surface area (Å²) in [5.74, 6) is 0.346. The molecule has 2 aromatic rings. The number of rotatable bonds is 0. The van der Waals surface area contributed by atoms with Crippen LogP contribution in [0, 0.1) is 6.92 Å². The molecule has 0 amide bonds. The molecule has 0 aliphatic carbocycles. The lowest BCUT2D eigenvalue weighted by molar-refractivity contribution is 0.459. The number of fused-ring (bicyclic) bond motifs is 1. The minimum atomic E-state index is 0.346. The third kappa shape index (κ3) is 0.865. The molecule has 0 saturated carbocycles. The molecule has 1 aromatic carbocycles. The Balaban J connectivity index is 2.98. The Hall–Kier alpha value is -1.22. The van der Waals surface area contributed by atoms with E-state index < -0.39 is 0 Å². The predicted molar refractivity (Wildman–Crippen MR) is 48.2 cm³/mol. The minimum absolute atomic E-state index is 0.346. The van der Waals surface area contributed by atoms with Gasteiger partial charge >= 0.3 is 0 Å². The van der Waals surface area contributed by atoms with Crippen LogP contribution in [-0.4, -0.2) is 5.16 Å². The Labute approximate surface area is 74.1 Å². The second-order valence-corrected chi connectivity index (χ2v) is 3.04. The summed E-state index contributed by atoms with van der Waals surface area (Å²) in [4.78, 5) is 0. The molecule has 0 unspecified atom stereocenters. The van der Waals surface area contributed by atoms with Crippen molar-refractivity contribution in [1.82, 2.24) is 5.16 Å². The normalized spacial score (nSPS) is 10.8. The summed E-state index contributed by atoms with van der Waals surface area (Å²) < 4.78 is 5.00. The Bertz CT molecular complexity index is 436. The Morgan fingerprint density at radius 3 is 2.92 bits per heavy atom. The molecule has 0 spiro atoms. The lowest BCUT2D eigenvalue weighted by Gasteiger charge is -1.94. The average molecular weight is 183 g/mol. The molecule has 0 aliphatic rings. The third-order valence-electron chi connectivity index (χ3n) is 1.80. The summed E-state index contributed by atoms with van der Waals surface area (Å²) in [5, 5.41) is 4.92. The summed E-state index contributed by atoms with van der Waals surface area (Å²) in [6, 6.07) is 3.65. The summed E-state index contributed by atoms with van der Waals surface area (Å²) in [6.45, 7) is 1.92. The van der Waals surface area contributed by atoms with E-state index in [0.717, 1.165) is 5.56 Å². The highest BCUT2D eigenvalue weighted by Gasteiger charge is 2.10. The Morgan fingerprint density at radius 2 is 2.25 bits per heavy atom. The molecule has 0 saturated heterocycles. The summed E-state index contributed by atoms with van der Waals surface area (Å²) in [7, 11) is 0. The van der Waals surface area contributed by atoms with Gasteiger partial charge in [-0.3, -0.25) is 0 Å². The van der Waals surface area contributed by atoms with Crippen molar-refractivity contribution in [3.05, 3.63) is 22.7 Å². The number of nitrogen functional groups attached to an aromatic ring is 1. The highest BCUT2D eigenvalue weighted by atomic mass is 35.5. The first-order valence-electron chi connectivity index (χ1n) is 3.50. The van der Waals surface area contributed by atoms with Crippen molar-refractivity contribution in [3.8, 4) is 0 Å². The van der Waals surface area contributed by atoms with Crippen molar-refractivity contribution >= 4 is 28.4 Å². The van der Waals surface area contributed by atoms with Crippen LogP contribution in [0.2, 0.25) is 5.02 Å². The van der Waals surface area contributed by atoms with Crippen LogP contribution in [0.3, 0.4) is 0 Å². The van der Waals surface area contributed by atoms with Gasteiger partial charge in [0.25, 0.3) is 0 Å². The fourth-order valence-corrected chi connectivity index (χ4v) is 1.41. The van der Waals surface area contributed by atoms with E-state index in [9.17, 15) is 0 Å². The molecule has 3 nitrogen and oxygen atoms in total. The maximum atomic E-state index is 5.90. The van der Waals surface area contributed by atoms with Crippen molar-refractivity contribution in [3.63, 3.8) is 0 Å². The zero-order valence-electron chi connectivity index (χ0n) is 6.47. The van der Waals surface area contributed by atoms with E-state index in [-0.39, 0.29) is 0 Å². The molecule has 4 heteroatoms. The van der Waals surface area contributed by atoms with E-state index in [0.29, 0.717) is 21.8 Å². The first-order chi connectivity index (χ1) is 5.70. The number of anilines is 1. The molecule has 12 heavy (non-hydrogen) atoms.